The minimum atomic E-state index is -1.21. The first kappa shape index (κ1) is 23.3. The van der Waals surface area contributed by atoms with Gasteiger partial charge in [-0.2, -0.15) is 0 Å². The van der Waals surface area contributed by atoms with Gasteiger partial charge in [-0.1, -0.05) is 11.3 Å². The minimum Gasteiger partial charge on any atom is -0.507 e. The second-order valence-electron chi connectivity index (χ2n) is 7.67. The van der Waals surface area contributed by atoms with Crippen molar-refractivity contribution >= 4 is 23.1 Å². The summed E-state index contributed by atoms with van der Waals surface area (Å²) in [4.78, 5) is 20.1. The third-order valence-electron chi connectivity index (χ3n) is 5.04. The van der Waals surface area contributed by atoms with E-state index in [2.05, 4.69) is 20.3 Å². The fraction of sp³-hybridized carbons (Fsp3) is 0.120. The van der Waals surface area contributed by atoms with E-state index in [-0.39, 0.29) is 17.9 Å². The van der Waals surface area contributed by atoms with Gasteiger partial charge in [0.05, 0.1) is 40.4 Å². The molecule has 4 aromatic rings. The van der Waals surface area contributed by atoms with Crippen LogP contribution in [0.5, 0.6) is 11.5 Å². The molecule has 0 aliphatic rings. The van der Waals surface area contributed by atoms with Gasteiger partial charge in [-0.15, -0.1) is 5.10 Å². The lowest BCUT2D eigenvalue weighted by molar-refractivity contribution is 0.0693. The molecule has 2 heterocycles. The number of nitrogens with one attached hydrogen (secondary N) is 1. The number of benzene rings is 2. The third kappa shape index (κ3) is 5.56. The fourth-order valence-corrected chi connectivity index (χ4v) is 3.20. The predicted molar refractivity (Wildman–Crippen MR) is 129 cm³/mol. The van der Waals surface area contributed by atoms with Crippen LogP contribution < -0.4 is 4.74 Å². The fourth-order valence-electron chi connectivity index (χ4n) is 3.20. The molecule has 35 heavy (non-hydrogen) atoms. The smallest absolute Gasteiger partial charge is 0.339 e. The molecule has 176 valence electrons. The van der Waals surface area contributed by atoms with Crippen molar-refractivity contribution in [1.82, 2.24) is 20.0 Å². The summed E-state index contributed by atoms with van der Waals surface area (Å²) in [6, 6.07) is 16.9. The molecule has 10 heteroatoms. The Morgan fingerprint density at radius 3 is 2.51 bits per heavy atom. The Balaban J connectivity index is 1.39. The zero-order chi connectivity index (χ0) is 24.9. The molecule has 0 amide bonds. The number of ether oxygens (including phenoxy) is 1. The molecule has 0 bridgehead atoms. The molecule has 0 saturated heterocycles. The van der Waals surface area contributed by atoms with Crippen molar-refractivity contribution in [2.24, 2.45) is 4.99 Å². The average Bonchev–Trinajstić information content (AvgIpc) is 3.32. The number of aromatic carboxylic acids is 1. The molecule has 0 fully saturated rings. The third-order valence-corrected chi connectivity index (χ3v) is 5.04. The van der Waals surface area contributed by atoms with E-state index in [9.17, 15) is 9.90 Å². The quantitative estimate of drug-likeness (QED) is 0.327. The van der Waals surface area contributed by atoms with Gasteiger partial charge in [0.2, 0.25) is 0 Å². The zero-order valence-corrected chi connectivity index (χ0v) is 19.0. The maximum absolute atomic E-state index is 11.0. The van der Waals surface area contributed by atoms with E-state index in [0.29, 0.717) is 34.2 Å². The number of carboxylic acid groups (broad SMARTS) is 1. The second kappa shape index (κ2) is 9.96. The minimum absolute atomic E-state index is 0.167. The summed E-state index contributed by atoms with van der Waals surface area (Å²) < 4.78 is 7.20. The van der Waals surface area contributed by atoms with E-state index < -0.39 is 5.97 Å². The van der Waals surface area contributed by atoms with Crippen LogP contribution in [0.15, 0.2) is 71.9 Å². The van der Waals surface area contributed by atoms with Gasteiger partial charge >= 0.3 is 5.97 Å². The van der Waals surface area contributed by atoms with Crippen LogP contribution in [0.4, 0.5) is 5.69 Å². The number of phenols is 1. The molecular formula is C25H22N6O4. The number of nitrogens with zero attached hydrogens (tertiary/aromatic N) is 5. The lowest BCUT2D eigenvalue weighted by Gasteiger charge is -2.06. The number of aliphatic imine (C=N–C) groups is 1. The van der Waals surface area contributed by atoms with E-state index in [0.717, 1.165) is 11.4 Å². The van der Waals surface area contributed by atoms with Gasteiger partial charge in [0.1, 0.15) is 29.4 Å². The van der Waals surface area contributed by atoms with Crippen LogP contribution in [0.25, 0.3) is 5.69 Å². The van der Waals surface area contributed by atoms with Crippen LogP contribution >= 0.6 is 0 Å². The molecule has 4 rings (SSSR count). The summed E-state index contributed by atoms with van der Waals surface area (Å²) in [5.74, 6) is -0.939. The van der Waals surface area contributed by atoms with Gasteiger partial charge in [-0.3, -0.25) is 4.99 Å². The summed E-state index contributed by atoms with van der Waals surface area (Å²) in [7, 11) is 0. The first-order valence-electron chi connectivity index (χ1n) is 10.6. The van der Waals surface area contributed by atoms with Gasteiger partial charge in [0.25, 0.3) is 0 Å². The Labute approximate surface area is 200 Å². The monoisotopic (exact) mass is 470 g/mol. The predicted octanol–water partition coefficient (Wildman–Crippen LogP) is 4.17. The highest BCUT2D eigenvalue weighted by Crippen LogP contribution is 2.22. The average molecular weight is 470 g/mol. The number of hydrogen-bond donors (Lipinski definition) is 3. The van der Waals surface area contributed by atoms with Gasteiger partial charge < -0.3 is 20.4 Å². The molecule has 0 aliphatic carbocycles. The van der Waals surface area contributed by atoms with Crippen LogP contribution in [0.1, 0.15) is 41.3 Å². The number of hydrogen-bond acceptors (Lipinski definition) is 8. The lowest BCUT2D eigenvalue weighted by Crippen LogP contribution is -2.04. The second-order valence-corrected chi connectivity index (χ2v) is 7.67. The molecular weight excluding hydrogens is 448 g/mol. The van der Waals surface area contributed by atoms with Crippen LogP contribution in [-0.4, -0.2) is 47.6 Å². The van der Waals surface area contributed by atoms with Gasteiger partial charge in [0, 0.05) is 6.07 Å². The molecule has 0 unspecified atom stereocenters. The van der Waals surface area contributed by atoms with E-state index in [1.54, 1.807) is 31.3 Å². The Morgan fingerprint density at radius 1 is 1.09 bits per heavy atom. The molecule has 2 aromatic carbocycles. The summed E-state index contributed by atoms with van der Waals surface area (Å²) in [5, 5.41) is 34.7. The summed E-state index contributed by atoms with van der Waals surface area (Å²) in [6.45, 7) is 3.73. The standard InChI is InChI=1S/C25H22N6O4/c1-15(26)22-4-3-5-23(28-22)16(2)27-17-6-9-20(10-7-17)35-14-18-13-31(30-29-18)19-8-11-21(25(33)34)24(32)12-19/h3-13,26,32H,14H2,1-2H3,(H,33,34). The molecule has 2 aromatic heterocycles. The molecule has 0 spiro atoms. The van der Waals surface area contributed by atoms with Gasteiger partial charge in [-0.25, -0.2) is 14.5 Å². The zero-order valence-electron chi connectivity index (χ0n) is 19.0. The lowest BCUT2D eigenvalue weighted by atomic mass is 10.2. The van der Waals surface area contributed by atoms with Crippen LogP contribution in [0.2, 0.25) is 0 Å². The number of carboxylic acids is 1. The molecule has 3 N–H and O–H groups in total. The largest absolute Gasteiger partial charge is 0.507 e. The van der Waals surface area contributed by atoms with Crippen molar-refractivity contribution in [3.63, 3.8) is 0 Å². The first-order valence-corrected chi connectivity index (χ1v) is 10.6. The SMILES string of the molecule is CC(=N)c1cccc(C(C)=Nc2ccc(OCc3cn(-c4ccc(C(=O)O)c(O)c4)nn3)cc2)n1. The Bertz CT molecular complexity index is 1430. The van der Waals surface area contributed by atoms with Crippen molar-refractivity contribution in [2.75, 3.05) is 0 Å². The van der Waals surface area contributed by atoms with Crippen LogP contribution in [0.3, 0.4) is 0 Å². The van der Waals surface area contributed by atoms with Gasteiger partial charge in [-0.05, 0) is 62.4 Å². The molecule has 0 atom stereocenters. The number of carbonyl (C=O) groups is 1. The Morgan fingerprint density at radius 2 is 1.83 bits per heavy atom. The van der Waals surface area contributed by atoms with E-state index >= 15 is 0 Å². The van der Waals surface area contributed by atoms with Gasteiger partial charge in [0.15, 0.2) is 0 Å². The number of pyridine rings is 1. The summed E-state index contributed by atoms with van der Waals surface area (Å²) >= 11 is 0. The van der Waals surface area contributed by atoms with Crippen LogP contribution in [0, 0.1) is 5.41 Å². The molecule has 0 aliphatic heterocycles. The van der Waals surface area contributed by atoms with E-state index in [4.69, 9.17) is 15.3 Å². The van der Waals surface area contributed by atoms with E-state index in [1.807, 2.05) is 31.2 Å². The molecule has 0 saturated carbocycles. The highest BCUT2D eigenvalue weighted by molar-refractivity contribution is 6.00. The normalized spacial score (nSPS) is 11.3. The van der Waals surface area contributed by atoms with E-state index in [1.165, 1.54) is 22.9 Å². The molecule has 10 nitrogen and oxygen atoms in total. The summed E-state index contributed by atoms with van der Waals surface area (Å²) in [6.07, 6.45) is 1.63. The highest BCUT2D eigenvalue weighted by atomic mass is 16.5. The maximum Gasteiger partial charge on any atom is 0.339 e. The molecule has 0 radical (unpaired) electrons. The number of rotatable bonds is 8. The number of aromatic nitrogens is 4. The van der Waals surface area contributed by atoms with Crippen molar-refractivity contribution in [1.29, 1.82) is 5.41 Å². The summed E-state index contributed by atoms with van der Waals surface area (Å²) in [5.41, 5.74) is 4.04. The van der Waals surface area contributed by atoms with Crippen molar-refractivity contribution in [3.8, 4) is 17.2 Å². The van der Waals surface area contributed by atoms with Crippen molar-refractivity contribution in [2.45, 2.75) is 20.5 Å². The van der Waals surface area contributed by atoms with Crippen LogP contribution in [-0.2, 0) is 6.61 Å². The Kier molecular flexibility index (Phi) is 6.63. The van der Waals surface area contributed by atoms with Crippen molar-refractivity contribution in [3.05, 3.63) is 89.5 Å². The number of aromatic hydroxyl groups is 1. The maximum atomic E-state index is 11.0. The topological polar surface area (TPSA) is 147 Å². The first-order chi connectivity index (χ1) is 16.8. The Hall–Kier alpha value is -4.86. The van der Waals surface area contributed by atoms with Crippen molar-refractivity contribution < 1.29 is 19.7 Å². The highest BCUT2D eigenvalue weighted by Gasteiger charge is 2.12.